The first-order valence-corrected chi connectivity index (χ1v) is 7.34. The van der Waals surface area contributed by atoms with E-state index in [0.717, 1.165) is 38.8 Å². The number of carboxylic acids is 1. The maximum atomic E-state index is 12.2. The minimum atomic E-state index is -0.869. The van der Waals surface area contributed by atoms with E-state index in [4.69, 9.17) is 5.11 Å². The summed E-state index contributed by atoms with van der Waals surface area (Å²) in [6.45, 7) is 5.40. The van der Waals surface area contributed by atoms with Crippen molar-refractivity contribution in [2.24, 2.45) is 0 Å². The lowest BCUT2D eigenvalue weighted by atomic mass is 10.1. The van der Waals surface area contributed by atoms with Gasteiger partial charge in [-0.15, -0.1) is 0 Å². The zero-order valence-electron chi connectivity index (χ0n) is 12.0. The molecule has 5 nitrogen and oxygen atoms in total. The van der Waals surface area contributed by atoms with E-state index >= 15 is 0 Å². The molecule has 2 N–H and O–H groups in total. The van der Waals surface area contributed by atoms with Gasteiger partial charge in [0.15, 0.2) is 0 Å². The van der Waals surface area contributed by atoms with Gasteiger partial charge in [-0.25, -0.2) is 0 Å². The molecule has 1 fully saturated rings. The molecule has 1 aliphatic heterocycles. The minimum Gasteiger partial charge on any atom is -0.480 e. The Morgan fingerprint density at radius 1 is 1.26 bits per heavy atom. The topological polar surface area (TPSA) is 69.6 Å². The van der Waals surface area contributed by atoms with Crippen LogP contribution in [0.2, 0.25) is 0 Å². The van der Waals surface area contributed by atoms with Gasteiger partial charge >= 0.3 is 5.97 Å². The van der Waals surface area contributed by atoms with Crippen LogP contribution in [0.15, 0.2) is 0 Å². The van der Waals surface area contributed by atoms with E-state index < -0.39 is 18.1 Å². The molecule has 5 heteroatoms. The monoisotopic (exact) mass is 270 g/mol. The molecular weight excluding hydrogens is 244 g/mol. The second-order valence-electron chi connectivity index (χ2n) is 5.31. The molecule has 0 radical (unpaired) electrons. The predicted molar refractivity (Wildman–Crippen MR) is 74.0 cm³/mol. The summed E-state index contributed by atoms with van der Waals surface area (Å²) in [7, 11) is 0. The summed E-state index contributed by atoms with van der Waals surface area (Å²) in [5.41, 5.74) is 0. The van der Waals surface area contributed by atoms with Gasteiger partial charge in [-0.1, -0.05) is 19.8 Å². The third-order valence-corrected chi connectivity index (χ3v) is 3.63. The summed E-state index contributed by atoms with van der Waals surface area (Å²) < 4.78 is 0. The van der Waals surface area contributed by atoms with Crippen molar-refractivity contribution in [3.63, 3.8) is 0 Å². The highest BCUT2D eigenvalue weighted by atomic mass is 16.4. The number of unbranched alkanes of at least 4 members (excludes halogenated alkanes) is 1. The number of aliphatic carboxylic acids is 1. The van der Waals surface area contributed by atoms with E-state index in [1.165, 1.54) is 6.42 Å². The average Bonchev–Trinajstić information content (AvgIpc) is 2.43. The highest BCUT2D eigenvalue weighted by Crippen LogP contribution is 2.11. The van der Waals surface area contributed by atoms with Gasteiger partial charge in [-0.3, -0.25) is 14.9 Å². The fraction of sp³-hybridized carbons (Fsp3) is 0.857. The van der Waals surface area contributed by atoms with Crippen molar-refractivity contribution >= 4 is 11.9 Å². The Morgan fingerprint density at radius 2 is 1.89 bits per heavy atom. The summed E-state index contributed by atoms with van der Waals surface area (Å²) in [5.74, 6) is -0.839. The van der Waals surface area contributed by atoms with Crippen LogP contribution in [0.3, 0.4) is 0 Å². The number of hydrogen-bond acceptors (Lipinski definition) is 3. The lowest BCUT2D eigenvalue weighted by molar-refractivity contribution is -0.141. The Morgan fingerprint density at radius 3 is 2.42 bits per heavy atom. The fourth-order valence-corrected chi connectivity index (χ4v) is 2.45. The zero-order chi connectivity index (χ0) is 14.3. The van der Waals surface area contributed by atoms with Crippen LogP contribution >= 0.6 is 0 Å². The van der Waals surface area contributed by atoms with Crippen molar-refractivity contribution < 1.29 is 14.7 Å². The number of nitrogens with zero attached hydrogens (tertiary/aromatic N) is 1. The van der Waals surface area contributed by atoms with Gasteiger partial charge in [-0.05, 0) is 32.6 Å². The Kier molecular flexibility index (Phi) is 6.84. The van der Waals surface area contributed by atoms with Crippen LogP contribution in [-0.2, 0) is 9.59 Å². The summed E-state index contributed by atoms with van der Waals surface area (Å²) in [4.78, 5) is 25.2. The molecule has 1 amide bonds. The maximum absolute atomic E-state index is 12.2. The molecular formula is C14H26N2O3. The van der Waals surface area contributed by atoms with Crippen molar-refractivity contribution in [2.45, 2.75) is 64.5 Å². The maximum Gasteiger partial charge on any atom is 0.320 e. The third-order valence-electron chi connectivity index (χ3n) is 3.63. The average molecular weight is 270 g/mol. The molecule has 110 valence electrons. The Labute approximate surface area is 115 Å². The van der Waals surface area contributed by atoms with Gasteiger partial charge in [0, 0.05) is 13.1 Å². The summed E-state index contributed by atoms with van der Waals surface area (Å²) in [5, 5.41) is 12.1. The van der Waals surface area contributed by atoms with Gasteiger partial charge in [0.2, 0.25) is 5.91 Å². The number of hydrogen-bond donors (Lipinski definition) is 2. The first kappa shape index (κ1) is 16.0. The normalized spacial score (nSPS) is 18.9. The Hall–Kier alpha value is -1.10. The molecule has 1 saturated heterocycles. The van der Waals surface area contributed by atoms with Crippen LogP contribution in [0.1, 0.15) is 52.4 Å². The lowest BCUT2D eigenvalue weighted by Gasteiger charge is -2.30. The van der Waals surface area contributed by atoms with Crippen LogP contribution in [0.25, 0.3) is 0 Å². The summed E-state index contributed by atoms with van der Waals surface area (Å²) in [6.07, 6.45) is 5.67. The molecule has 1 rings (SSSR count). The molecule has 0 aromatic heterocycles. The molecule has 0 saturated carbocycles. The molecule has 0 aliphatic carbocycles. The number of carboxylic acid groups (broad SMARTS) is 1. The molecule has 1 aliphatic rings. The van der Waals surface area contributed by atoms with Crippen molar-refractivity contribution in [3.8, 4) is 0 Å². The second-order valence-corrected chi connectivity index (χ2v) is 5.31. The van der Waals surface area contributed by atoms with Crippen molar-refractivity contribution in [1.29, 1.82) is 0 Å². The molecule has 1 heterocycles. The highest BCUT2D eigenvalue weighted by Gasteiger charge is 2.26. The zero-order valence-corrected chi connectivity index (χ0v) is 12.0. The van der Waals surface area contributed by atoms with Crippen LogP contribution < -0.4 is 5.32 Å². The van der Waals surface area contributed by atoms with Gasteiger partial charge in [0.05, 0.1) is 6.04 Å². The first-order chi connectivity index (χ1) is 9.06. The fourth-order valence-electron chi connectivity index (χ4n) is 2.45. The largest absolute Gasteiger partial charge is 0.480 e. The lowest BCUT2D eigenvalue weighted by Crippen LogP contribution is -2.51. The molecule has 2 unspecified atom stereocenters. The van der Waals surface area contributed by atoms with Crippen molar-refractivity contribution in [3.05, 3.63) is 0 Å². The minimum absolute atomic E-state index is 0.0300. The van der Waals surface area contributed by atoms with E-state index in [2.05, 4.69) is 5.32 Å². The molecule has 0 aromatic carbocycles. The van der Waals surface area contributed by atoms with Crippen molar-refractivity contribution in [2.75, 3.05) is 13.1 Å². The molecule has 19 heavy (non-hydrogen) atoms. The van der Waals surface area contributed by atoms with E-state index in [1.54, 1.807) is 6.92 Å². The summed E-state index contributed by atoms with van der Waals surface area (Å²) in [6, 6.07) is -1.04. The number of likely N-dealkylation sites (tertiary alicyclic amines) is 1. The van der Waals surface area contributed by atoms with Crippen LogP contribution in [0.4, 0.5) is 0 Å². The van der Waals surface area contributed by atoms with E-state index in [1.807, 2.05) is 11.8 Å². The SMILES string of the molecule is CCCCC(NC(C)C(=O)N1CCCCC1)C(=O)O. The smallest absolute Gasteiger partial charge is 0.320 e. The molecule has 2 atom stereocenters. The number of nitrogens with one attached hydrogen (secondary N) is 1. The summed E-state index contributed by atoms with van der Waals surface area (Å²) >= 11 is 0. The molecule has 0 aromatic rings. The third kappa shape index (κ3) is 5.19. The van der Waals surface area contributed by atoms with Crippen LogP contribution in [-0.4, -0.2) is 47.1 Å². The van der Waals surface area contributed by atoms with Gasteiger partial charge in [-0.2, -0.15) is 0 Å². The number of rotatable bonds is 7. The highest BCUT2D eigenvalue weighted by molar-refractivity contribution is 5.83. The van der Waals surface area contributed by atoms with Crippen molar-refractivity contribution in [1.82, 2.24) is 10.2 Å². The van der Waals surface area contributed by atoms with E-state index in [-0.39, 0.29) is 5.91 Å². The Balaban J connectivity index is 2.47. The van der Waals surface area contributed by atoms with E-state index in [0.29, 0.717) is 6.42 Å². The molecule has 0 bridgehead atoms. The number of carbonyl (C=O) groups excluding carboxylic acids is 1. The number of piperidine rings is 1. The number of amides is 1. The van der Waals surface area contributed by atoms with E-state index in [9.17, 15) is 9.59 Å². The second kappa shape index (κ2) is 8.15. The predicted octanol–water partition coefficient (Wildman–Crippen LogP) is 1.62. The quantitative estimate of drug-likeness (QED) is 0.737. The number of carbonyl (C=O) groups is 2. The first-order valence-electron chi connectivity index (χ1n) is 7.34. The Bertz CT molecular complexity index is 301. The van der Waals surface area contributed by atoms with Gasteiger partial charge in [0.25, 0.3) is 0 Å². The van der Waals surface area contributed by atoms with Gasteiger partial charge < -0.3 is 10.0 Å². The van der Waals surface area contributed by atoms with Crippen LogP contribution in [0.5, 0.6) is 0 Å². The van der Waals surface area contributed by atoms with Gasteiger partial charge in [0.1, 0.15) is 6.04 Å². The standard InChI is InChI=1S/C14H26N2O3/c1-3-4-8-12(14(18)19)15-11(2)13(17)16-9-6-5-7-10-16/h11-12,15H,3-10H2,1-2H3,(H,18,19). The van der Waals surface area contributed by atoms with Crippen LogP contribution in [0, 0.1) is 0 Å². The molecule has 0 spiro atoms.